The lowest BCUT2D eigenvalue weighted by Gasteiger charge is -2.08. The number of nitrogens with zero attached hydrogens (tertiary/aromatic N) is 2. The van der Waals surface area contributed by atoms with E-state index in [0.29, 0.717) is 0 Å². The van der Waals surface area contributed by atoms with Gasteiger partial charge in [-0.3, -0.25) is 0 Å². The fourth-order valence-corrected chi connectivity index (χ4v) is 1.32. The Morgan fingerprint density at radius 1 is 1.06 bits per heavy atom. The van der Waals surface area contributed by atoms with E-state index in [4.69, 9.17) is 16.3 Å². The van der Waals surface area contributed by atoms with E-state index in [0.717, 1.165) is 12.1 Å². The van der Waals surface area contributed by atoms with Crippen LogP contribution in [-0.4, -0.2) is 10.2 Å². The fraction of sp³-hybridized carbons (Fsp3) is 0.0909. The third-order valence-corrected chi connectivity index (χ3v) is 2.19. The van der Waals surface area contributed by atoms with Gasteiger partial charge >= 0.3 is 6.18 Å². The lowest BCUT2D eigenvalue weighted by atomic mass is 10.2. The molecule has 18 heavy (non-hydrogen) atoms. The lowest BCUT2D eigenvalue weighted by molar-refractivity contribution is -0.137. The molecule has 0 saturated carbocycles. The van der Waals surface area contributed by atoms with Gasteiger partial charge in [-0.1, -0.05) is 17.7 Å². The molecule has 0 aliphatic carbocycles. The summed E-state index contributed by atoms with van der Waals surface area (Å²) in [5.74, 6) is 0.0974. The number of benzene rings is 1. The van der Waals surface area contributed by atoms with E-state index in [1.165, 1.54) is 24.3 Å². The molecule has 0 aliphatic heterocycles. The zero-order chi connectivity index (χ0) is 13.2. The Labute approximate surface area is 105 Å². The number of halogens is 4. The standard InChI is InChI=1S/C11H6ClF3N2O/c12-9-4-5-10(17-16-9)18-8-3-1-2-7(6-8)11(13,14)15/h1-6H. The van der Waals surface area contributed by atoms with Gasteiger partial charge in [-0.15, -0.1) is 10.2 Å². The summed E-state index contributed by atoms with van der Waals surface area (Å²) in [6.45, 7) is 0. The summed E-state index contributed by atoms with van der Waals surface area (Å²) in [7, 11) is 0. The highest BCUT2D eigenvalue weighted by Gasteiger charge is 2.30. The lowest BCUT2D eigenvalue weighted by Crippen LogP contribution is -2.04. The van der Waals surface area contributed by atoms with Crippen LogP contribution < -0.4 is 4.74 Å². The molecule has 94 valence electrons. The maximum atomic E-state index is 12.5. The monoisotopic (exact) mass is 274 g/mol. The predicted octanol–water partition coefficient (Wildman–Crippen LogP) is 3.94. The Bertz CT molecular complexity index is 543. The van der Waals surface area contributed by atoms with Crippen LogP contribution in [-0.2, 0) is 6.18 Å². The van der Waals surface area contributed by atoms with Crippen molar-refractivity contribution in [2.75, 3.05) is 0 Å². The molecule has 0 aliphatic rings. The molecule has 0 amide bonds. The van der Waals surface area contributed by atoms with Crippen molar-refractivity contribution in [1.29, 1.82) is 0 Å². The van der Waals surface area contributed by atoms with E-state index < -0.39 is 11.7 Å². The van der Waals surface area contributed by atoms with Crippen molar-refractivity contribution in [3.05, 3.63) is 47.1 Å². The molecule has 0 N–H and O–H groups in total. The average Bonchev–Trinajstić information content (AvgIpc) is 2.31. The Hall–Kier alpha value is -1.82. The molecule has 0 fully saturated rings. The van der Waals surface area contributed by atoms with Gasteiger partial charge in [-0.25, -0.2) is 0 Å². The van der Waals surface area contributed by atoms with Gasteiger partial charge in [0.2, 0.25) is 5.88 Å². The van der Waals surface area contributed by atoms with Crippen molar-refractivity contribution < 1.29 is 17.9 Å². The number of rotatable bonds is 2. The number of hydrogen-bond donors (Lipinski definition) is 0. The van der Waals surface area contributed by atoms with E-state index in [-0.39, 0.29) is 16.8 Å². The van der Waals surface area contributed by atoms with Crippen LogP contribution in [0.25, 0.3) is 0 Å². The molecule has 0 spiro atoms. The Balaban J connectivity index is 2.22. The first-order valence-corrected chi connectivity index (χ1v) is 5.17. The van der Waals surface area contributed by atoms with Gasteiger partial charge in [0.1, 0.15) is 5.75 Å². The third kappa shape index (κ3) is 3.10. The molecule has 0 radical (unpaired) electrons. The van der Waals surface area contributed by atoms with Crippen LogP contribution in [0.3, 0.4) is 0 Å². The van der Waals surface area contributed by atoms with Gasteiger partial charge in [0.15, 0.2) is 5.15 Å². The number of alkyl halides is 3. The van der Waals surface area contributed by atoms with Crippen LogP contribution >= 0.6 is 11.6 Å². The fourth-order valence-electron chi connectivity index (χ4n) is 1.21. The largest absolute Gasteiger partial charge is 0.438 e. The molecule has 3 nitrogen and oxygen atoms in total. The van der Waals surface area contributed by atoms with Crippen molar-refractivity contribution >= 4 is 11.6 Å². The molecular weight excluding hydrogens is 269 g/mol. The summed E-state index contributed by atoms with van der Waals surface area (Å²) in [4.78, 5) is 0. The first-order valence-electron chi connectivity index (χ1n) is 4.79. The van der Waals surface area contributed by atoms with Gasteiger partial charge in [-0.05, 0) is 24.3 Å². The highest BCUT2D eigenvalue weighted by atomic mass is 35.5. The van der Waals surface area contributed by atoms with E-state index in [1.54, 1.807) is 0 Å². The molecule has 1 aromatic carbocycles. The van der Waals surface area contributed by atoms with Crippen molar-refractivity contribution in [3.63, 3.8) is 0 Å². The Morgan fingerprint density at radius 3 is 2.44 bits per heavy atom. The minimum Gasteiger partial charge on any atom is -0.438 e. The summed E-state index contributed by atoms with van der Waals surface area (Å²) in [5, 5.41) is 7.27. The Kier molecular flexibility index (Phi) is 3.38. The molecule has 0 saturated heterocycles. The molecule has 0 bridgehead atoms. The molecule has 1 aromatic heterocycles. The summed E-state index contributed by atoms with van der Waals surface area (Å²) in [5.41, 5.74) is -0.790. The average molecular weight is 275 g/mol. The van der Waals surface area contributed by atoms with Gasteiger partial charge < -0.3 is 4.74 Å². The van der Waals surface area contributed by atoms with Crippen LogP contribution in [0.5, 0.6) is 11.6 Å². The van der Waals surface area contributed by atoms with E-state index in [1.807, 2.05) is 0 Å². The second kappa shape index (κ2) is 4.81. The number of ether oxygens (including phenoxy) is 1. The number of aromatic nitrogens is 2. The highest BCUT2D eigenvalue weighted by Crippen LogP contribution is 2.32. The van der Waals surface area contributed by atoms with Crippen molar-refractivity contribution in [3.8, 4) is 11.6 Å². The summed E-state index contributed by atoms with van der Waals surface area (Å²) in [6, 6.07) is 7.33. The highest BCUT2D eigenvalue weighted by molar-refractivity contribution is 6.29. The quantitative estimate of drug-likeness (QED) is 0.832. The van der Waals surface area contributed by atoms with Gasteiger partial charge in [0.25, 0.3) is 0 Å². The molecule has 0 atom stereocenters. The van der Waals surface area contributed by atoms with Crippen molar-refractivity contribution in [2.24, 2.45) is 0 Å². The molecule has 1 heterocycles. The third-order valence-electron chi connectivity index (χ3n) is 1.99. The topological polar surface area (TPSA) is 35.0 Å². The maximum absolute atomic E-state index is 12.5. The summed E-state index contributed by atoms with van der Waals surface area (Å²) in [6.07, 6.45) is -4.41. The number of hydrogen-bond acceptors (Lipinski definition) is 3. The van der Waals surface area contributed by atoms with Crippen molar-refractivity contribution in [2.45, 2.75) is 6.18 Å². The molecule has 0 unspecified atom stereocenters. The first kappa shape index (κ1) is 12.6. The zero-order valence-corrected chi connectivity index (χ0v) is 9.53. The second-order valence-electron chi connectivity index (χ2n) is 3.32. The van der Waals surface area contributed by atoms with Crippen LogP contribution in [0, 0.1) is 0 Å². The first-order chi connectivity index (χ1) is 8.45. The van der Waals surface area contributed by atoms with Crippen LogP contribution in [0.4, 0.5) is 13.2 Å². The second-order valence-corrected chi connectivity index (χ2v) is 3.71. The molecular formula is C11H6ClF3N2O. The van der Waals surface area contributed by atoms with Crippen molar-refractivity contribution in [1.82, 2.24) is 10.2 Å². The predicted molar refractivity (Wildman–Crippen MR) is 58.6 cm³/mol. The minimum absolute atomic E-state index is 0.0291. The van der Waals surface area contributed by atoms with Gasteiger partial charge in [0, 0.05) is 6.07 Å². The van der Waals surface area contributed by atoms with E-state index in [9.17, 15) is 13.2 Å². The Morgan fingerprint density at radius 2 is 1.83 bits per heavy atom. The summed E-state index contributed by atoms with van der Waals surface area (Å²) < 4.78 is 42.5. The normalized spacial score (nSPS) is 11.3. The molecule has 2 rings (SSSR count). The smallest absolute Gasteiger partial charge is 0.416 e. The molecule has 7 heteroatoms. The minimum atomic E-state index is -4.41. The van der Waals surface area contributed by atoms with E-state index in [2.05, 4.69) is 10.2 Å². The van der Waals surface area contributed by atoms with Crippen LogP contribution in [0.1, 0.15) is 5.56 Å². The van der Waals surface area contributed by atoms with Crippen LogP contribution in [0.2, 0.25) is 5.15 Å². The maximum Gasteiger partial charge on any atom is 0.416 e. The molecule has 2 aromatic rings. The summed E-state index contributed by atoms with van der Waals surface area (Å²) >= 11 is 5.52. The zero-order valence-electron chi connectivity index (χ0n) is 8.78. The SMILES string of the molecule is FC(F)(F)c1cccc(Oc2ccc(Cl)nn2)c1. The van der Waals surface area contributed by atoms with E-state index >= 15 is 0 Å². The van der Waals surface area contributed by atoms with Gasteiger partial charge in [0.05, 0.1) is 5.56 Å². The van der Waals surface area contributed by atoms with Gasteiger partial charge in [-0.2, -0.15) is 13.2 Å². The van der Waals surface area contributed by atoms with Crippen LogP contribution in [0.15, 0.2) is 36.4 Å².